The monoisotopic (exact) mass is 909 g/mol. The number of aromatic nitrogens is 4. The molecule has 6 heteroatoms. The highest BCUT2D eigenvalue weighted by atomic mass is 15.1. The summed E-state index contributed by atoms with van der Waals surface area (Å²) >= 11 is 0. The number of hydrogen-bond acceptors (Lipinski definition) is 2. The quantitative estimate of drug-likeness (QED) is 0.177. The molecule has 0 saturated carbocycles. The SMILES string of the molecule is [2H]C([2H])([2H])c1ccc2c(c1)c1cc(C)ccc1n2-c1c(C#N)c(C#N)c(-n2c3ccc(C)cc3c3cc(C([2H])([2H])[2H])ccc32)c(-n2c3ccc(C)cc3c3cc(C([2H])([2H])[2H])ccc32)c1-n1c2ccc(C)cc2c2cc(C)ccc21. The summed E-state index contributed by atoms with van der Waals surface area (Å²) in [7, 11) is 0. The Labute approximate surface area is 418 Å². The van der Waals surface area contributed by atoms with Crippen molar-refractivity contribution in [2.24, 2.45) is 0 Å². The van der Waals surface area contributed by atoms with E-state index in [9.17, 15) is 10.5 Å². The molecule has 0 atom stereocenters. The van der Waals surface area contributed by atoms with Crippen molar-refractivity contribution in [3.05, 3.63) is 201 Å². The van der Waals surface area contributed by atoms with Gasteiger partial charge in [-0.15, -0.1) is 0 Å². The molecule has 4 aromatic heterocycles. The van der Waals surface area contributed by atoms with Crippen LogP contribution in [0.15, 0.2) is 146 Å². The van der Waals surface area contributed by atoms with Crippen molar-refractivity contribution in [1.29, 1.82) is 10.5 Å². The lowest BCUT2D eigenvalue weighted by Crippen LogP contribution is -2.17. The minimum absolute atomic E-state index is 0.00502. The summed E-state index contributed by atoms with van der Waals surface area (Å²) in [6, 6.07) is 51.0. The van der Waals surface area contributed by atoms with Gasteiger partial charge in [-0.25, -0.2) is 0 Å². The second kappa shape index (κ2) is 14.8. The van der Waals surface area contributed by atoms with Gasteiger partial charge in [0.2, 0.25) is 0 Å². The number of aryl methyl sites for hydroxylation is 8. The summed E-state index contributed by atoms with van der Waals surface area (Å²) < 4.78 is 85.3. The van der Waals surface area contributed by atoms with Gasteiger partial charge in [-0.3, -0.25) is 0 Å². The van der Waals surface area contributed by atoms with Gasteiger partial charge in [0.15, 0.2) is 0 Å². The highest BCUT2D eigenvalue weighted by Gasteiger charge is 2.35. The van der Waals surface area contributed by atoms with Crippen molar-refractivity contribution < 1.29 is 12.3 Å². The van der Waals surface area contributed by atoms with Crippen LogP contribution in [-0.2, 0) is 0 Å². The number of hydrogen-bond donors (Lipinski definition) is 0. The fourth-order valence-electron chi connectivity index (χ4n) is 11.4. The Hall–Kier alpha value is -8.84. The molecule has 0 aliphatic carbocycles. The van der Waals surface area contributed by atoms with E-state index in [1.54, 1.807) is 48.5 Å². The first-order valence-electron chi connectivity index (χ1n) is 27.8. The van der Waals surface area contributed by atoms with Gasteiger partial charge in [0.1, 0.15) is 12.1 Å². The molecule has 0 amide bonds. The average molecular weight is 910 g/mol. The third kappa shape index (κ3) is 5.71. The van der Waals surface area contributed by atoms with Crippen LogP contribution in [-0.4, -0.2) is 18.3 Å². The van der Waals surface area contributed by atoms with Crippen molar-refractivity contribution >= 4 is 87.2 Å². The molecule has 0 spiro atoms. The molecule has 13 aromatic rings. The highest BCUT2D eigenvalue weighted by molar-refractivity contribution is 6.16. The van der Waals surface area contributed by atoms with E-state index in [2.05, 4.69) is 57.7 Å². The van der Waals surface area contributed by atoms with Gasteiger partial charge in [-0.1, -0.05) is 93.0 Å². The summed E-state index contributed by atoms with van der Waals surface area (Å²) in [5.41, 5.74) is 12.2. The molecule has 6 nitrogen and oxygen atoms in total. The Bertz CT molecular complexity index is 4890. The molecule has 0 bridgehead atoms. The second-order valence-corrected chi connectivity index (χ2v) is 19.0. The summed E-state index contributed by atoms with van der Waals surface area (Å²) in [5.74, 6) is 0. The Morgan fingerprint density at radius 2 is 0.471 bits per heavy atom. The van der Waals surface area contributed by atoms with E-state index in [0.717, 1.165) is 65.8 Å². The zero-order valence-corrected chi connectivity index (χ0v) is 39.0. The molecule has 70 heavy (non-hydrogen) atoms. The smallest absolute Gasteiger partial charge is 0.103 e. The Morgan fingerprint density at radius 1 is 0.286 bits per heavy atom. The van der Waals surface area contributed by atoms with Crippen LogP contribution in [0, 0.1) is 77.8 Å². The van der Waals surface area contributed by atoms with Gasteiger partial charge in [-0.05, 0) is 152 Å². The maximum atomic E-state index is 12.3. The van der Waals surface area contributed by atoms with Crippen LogP contribution in [0.3, 0.4) is 0 Å². The first-order valence-corrected chi connectivity index (χ1v) is 23.3. The molecular formula is C64H48N6. The lowest BCUT2D eigenvalue weighted by molar-refractivity contribution is 1.01. The Kier molecular flexibility index (Phi) is 6.95. The van der Waals surface area contributed by atoms with Gasteiger partial charge >= 0.3 is 0 Å². The third-order valence-corrected chi connectivity index (χ3v) is 14.4. The van der Waals surface area contributed by atoms with E-state index in [1.807, 2.05) is 104 Å². The van der Waals surface area contributed by atoms with E-state index < -0.39 is 20.6 Å². The molecule has 0 fully saturated rings. The minimum atomic E-state index is -2.46. The molecular weight excluding hydrogens is 853 g/mol. The molecule has 13 rings (SSSR count). The molecule has 0 radical (unpaired) electrons. The molecule has 4 heterocycles. The maximum Gasteiger partial charge on any atom is 0.103 e. The van der Waals surface area contributed by atoms with Crippen molar-refractivity contribution in [1.82, 2.24) is 18.3 Å². The number of benzene rings is 9. The largest absolute Gasteiger partial charge is 0.306 e. The van der Waals surface area contributed by atoms with E-state index in [4.69, 9.17) is 12.3 Å². The number of rotatable bonds is 4. The highest BCUT2D eigenvalue weighted by Crippen LogP contribution is 2.50. The van der Waals surface area contributed by atoms with Gasteiger partial charge in [0, 0.05) is 55.4 Å². The Morgan fingerprint density at radius 3 is 0.671 bits per heavy atom. The second-order valence-electron chi connectivity index (χ2n) is 19.0. The van der Waals surface area contributed by atoms with Crippen molar-refractivity contribution in [2.45, 2.75) is 55.2 Å². The van der Waals surface area contributed by atoms with Crippen LogP contribution in [0.4, 0.5) is 0 Å². The summed E-state index contributed by atoms with van der Waals surface area (Å²) in [5, 5.41) is 30.5. The van der Waals surface area contributed by atoms with Crippen LogP contribution >= 0.6 is 0 Å². The normalized spacial score (nSPS) is 14.4. The summed E-state index contributed by atoms with van der Waals surface area (Å²) in [6.45, 7) is 2.66. The summed E-state index contributed by atoms with van der Waals surface area (Å²) in [6.07, 6.45) is 0. The fourth-order valence-corrected chi connectivity index (χ4v) is 11.4. The molecule has 0 unspecified atom stereocenters. The van der Waals surface area contributed by atoms with Crippen LogP contribution in [0.5, 0.6) is 0 Å². The van der Waals surface area contributed by atoms with Gasteiger partial charge in [0.05, 0.1) is 78.0 Å². The number of nitriles is 2. The Balaban J connectivity index is 1.39. The lowest BCUT2D eigenvalue weighted by Gasteiger charge is -2.28. The van der Waals surface area contributed by atoms with Crippen LogP contribution in [0.25, 0.3) is 110 Å². The molecule has 0 saturated heterocycles. The first kappa shape index (κ1) is 32.8. The van der Waals surface area contributed by atoms with E-state index in [-0.39, 0.29) is 27.8 Å². The van der Waals surface area contributed by atoms with Gasteiger partial charge in [-0.2, -0.15) is 10.5 Å². The van der Waals surface area contributed by atoms with E-state index in [1.165, 1.54) is 0 Å². The third-order valence-electron chi connectivity index (χ3n) is 14.4. The number of nitrogens with zero attached hydrogens (tertiary/aromatic N) is 6. The first-order chi connectivity index (χ1) is 37.5. The predicted molar refractivity (Wildman–Crippen MR) is 291 cm³/mol. The topological polar surface area (TPSA) is 67.3 Å². The predicted octanol–water partition coefficient (Wildman–Crippen LogP) is 16.3. The van der Waals surface area contributed by atoms with E-state index >= 15 is 0 Å². The standard InChI is InChI=1S/C64H48N6/c1-35-9-17-53-43(25-35)44-26-36(2)10-18-54(44)67(53)61-51(33-65)52(34-66)62(68-55-19-11-37(3)27-45(55)46-28-38(4)12-20-56(46)68)64(70-59-23-15-41(7)31-49(59)50-32-42(8)16-24-60(50)70)63(61)69-57-21-13-39(5)29-47(57)48-30-40(6)14-22-58(48)69/h9-32H,1-8H3/i1D3,3D3,5D3. The van der Waals surface area contributed by atoms with Crippen molar-refractivity contribution in [3.63, 3.8) is 0 Å². The zero-order chi connectivity index (χ0) is 55.5. The van der Waals surface area contributed by atoms with Crippen LogP contribution in [0.1, 0.15) is 68.0 Å². The minimum Gasteiger partial charge on any atom is -0.306 e. The van der Waals surface area contributed by atoms with Gasteiger partial charge in [0.25, 0.3) is 0 Å². The molecule has 0 aliphatic rings. The molecule has 0 aliphatic heterocycles. The van der Waals surface area contributed by atoms with Crippen molar-refractivity contribution in [3.8, 4) is 34.9 Å². The van der Waals surface area contributed by atoms with Crippen LogP contribution < -0.4 is 0 Å². The fraction of sp³-hybridized carbons (Fsp3) is 0.125. The van der Waals surface area contributed by atoms with Gasteiger partial charge < -0.3 is 18.3 Å². The maximum absolute atomic E-state index is 12.3. The summed E-state index contributed by atoms with van der Waals surface area (Å²) in [4.78, 5) is 0. The average Bonchev–Trinajstić information content (AvgIpc) is 2.82. The lowest BCUT2D eigenvalue weighted by atomic mass is 9.98. The van der Waals surface area contributed by atoms with Crippen LogP contribution in [0.2, 0.25) is 0 Å². The zero-order valence-electron chi connectivity index (χ0n) is 48.0. The molecule has 9 aromatic carbocycles. The number of fused-ring (bicyclic) bond motifs is 12. The van der Waals surface area contributed by atoms with Crippen molar-refractivity contribution in [2.75, 3.05) is 0 Å². The van der Waals surface area contributed by atoms with E-state index in [0.29, 0.717) is 72.0 Å². The molecule has 0 N–H and O–H groups in total. The molecule has 334 valence electrons.